The van der Waals surface area contributed by atoms with Crippen LogP contribution >= 0.6 is 23.7 Å². The Labute approximate surface area is 124 Å². The summed E-state index contributed by atoms with van der Waals surface area (Å²) in [6, 6.07) is 4.07. The van der Waals surface area contributed by atoms with Crippen molar-refractivity contribution in [1.29, 1.82) is 0 Å². The minimum Gasteiger partial charge on any atom is -0.342 e. The Hall–Kier alpha value is -0.580. The number of hydrogen-bond acceptors (Lipinski definition) is 3. The third kappa shape index (κ3) is 3.30. The molecule has 1 N–H and O–H groups in total. The number of carbonyl (C=O) groups is 1. The van der Waals surface area contributed by atoms with Crippen LogP contribution in [-0.4, -0.2) is 37.0 Å². The van der Waals surface area contributed by atoms with Gasteiger partial charge in [-0.25, -0.2) is 0 Å². The third-order valence-electron chi connectivity index (χ3n) is 4.41. The lowest BCUT2D eigenvalue weighted by Gasteiger charge is -2.38. The molecule has 2 aliphatic rings. The minimum atomic E-state index is 0. The zero-order valence-electron chi connectivity index (χ0n) is 11.1. The van der Waals surface area contributed by atoms with Gasteiger partial charge in [-0.1, -0.05) is 6.07 Å². The molecule has 0 radical (unpaired) electrons. The summed E-state index contributed by atoms with van der Waals surface area (Å²) >= 11 is 1.68. The van der Waals surface area contributed by atoms with Crippen molar-refractivity contribution in [2.75, 3.05) is 26.2 Å². The molecule has 0 aliphatic carbocycles. The highest BCUT2D eigenvalue weighted by atomic mass is 35.5. The number of carbonyl (C=O) groups excluding carboxylic acids is 1. The fourth-order valence-corrected chi connectivity index (χ4v) is 3.82. The average Bonchev–Trinajstić information content (AvgIpc) is 3.03. The molecule has 1 amide bonds. The number of halogens is 1. The molecule has 106 valence electrons. The standard InChI is InChI=1S/C14H20N2OS.ClH/c17-13(10-12-2-1-9-18-12)16-7-4-14(5-8-16)3-6-15-11-14;/h1-2,9,15H,3-8,10-11H2;1H. The van der Waals surface area contributed by atoms with Crippen molar-refractivity contribution < 1.29 is 4.79 Å². The van der Waals surface area contributed by atoms with Crippen LogP contribution in [-0.2, 0) is 11.2 Å². The Morgan fingerprint density at radius 2 is 2.16 bits per heavy atom. The number of likely N-dealkylation sites (tertiary alicyclic amines) is 1. The maximum Gasteiger partial charge on any atom is 0.227 e. The maximum atomic E-state index is 12.2. The molecular formula is C14H21ClN2OS. The van der Waals surface area contributed by atoms with Gasteiger partial charge in [-0.2, -0.15) is 0 Å². The number of hydrogen-bond donors (Lipinski definition) is 1. The molecule has 0 unspecified atom stereocenters. The predicted octanol–water partition coefficient (Wildman–Crippen LogP) is 2.31. The molecule has 19 heavy (non-hydrogen) atoms. The number of rotatable bonds is 2. The fraction of sp³-hybridized carbons (Fsp3) is 0.643. The monoisotopic (exact) mass is 300 g/mol. The molecule has 0 bridgehead atoms. The van der Waals surface area contributed by atoms with Gasteiger partial charge >= 0.3 is 0 Å². The van der Waals surface area contributed by atoms with E-state index < -0.39 is 0 Å². The van der Waals surface area contributed by atoms with E-state index in [1.54, 1.807) is 11.3 Å². The van der Waals surface area contributed by atoms with E-state index in [4.69, 9.17) is 0 Å². The number of piperidine rings is 1. The summed E-state index contributed by atoms with van der Waals surface area (Å²) in [4.78, 5) is 15.4. The Morgan fingerprint density at radius 1 is 1.37 bits per heavy atom. The third-order valence-corrected chi connectivity index (χ3v) is 5.29. The Bertz CT molecular complexity index is 405. The molecule has 0 atom stereocenters. The summed E-state index contributed by atoms with van der Waals surface area (Å²) in [5.74, 6) is 0.304. The second-order valence-electron chi connectivity index (χ2n) is 5.56. The first-order chi connectivity index (χ1) is 8.77. The van der Waals surface area contributed by atoms with Gasteiger partial charge in [0, 0.05) is 24.5 Å². The van der Waals surface area contributed by atoms with E-state index in [9.17, 15) is 4.79 Å². The van der Waals surface area contributed by atoms with Gasteiger partial charge in [0.1, 0.15) is 0 Å². The van der Waals surface area contributed by atoms with Gasteiger partial charge in [0.25, 0.3) is 0 Å². The minimum absolute atomic E-state index is 0. The van der Waals surface area contributed by atoms with E-state index in [1.807, 2.05) is 11.4 Å². The van der Waals surface area contributed by atoms with Crippen LogP contribution in [0.4, 0.5) is 0 Å². The van der Waals surface area contributed by atoms with Crippen molar-refractivity contribution in [3.05, 3.63) is 22.4 Å². The Morgan fingerprint density at radius 3 is 2.74 bits per heavy atom. The van der Waals surface area contributed by atoms with Crippen molar-refractivity contribution in [2.24, 2.45) is 5.41 Å². The fourth-order valence-electron chi connectivity index (χ4n) is 3.13. The van der Waals surface area contributed by atoms with Crippen LogP contribution in [0.25, 0.3) is 0 Å². The van der Waals surface area contributed by atoms with E-state index in [2.05, 4.69) is 16.3 Å². The Balaban J connectivity index is 0.00000133. The second-order valence-corrected chi connectivity index (χ2v) is 6.60. The van der Waals surface area contributed by atoms with E-state index >= 15 is 0 Å². The molecule has 0 saturated carbocycles. The van der Waals surface area contributed by atoms with Crippen LogP contribution in [0.5, 0.6) is 0 Å². The number of amides is 1. The number of nitrogens with zero attached hydrogens (tertiary/aromatic N) is 1. The van der Waals surface area contributed by atoms with Crippen LogP contribution in [0.2, 0.25) is 0 Å². The molecule has 1 aromatic heterocycles. The summed E-state index contributed by atoms with van der Waals surface area (Å²) in [7, 11) is 0. The van der Waals surface area contributed by atoms with E-state index in [0.717, 1.165) is 26.2 Å². The summed E-state index contributed by atoms with van der Waals surface area (Å²) in [6.45, 7) is 4.21. The largest absolute Gasteiger partial charge is 0.342 e. The highest BCUT2D eigenvalue weighted by Crippen LogP contribution is 2.37. The zero-order chi connectivity index (χ0) is 12.4. The lowest BCUT2D eigenvalue weighted by molar-refractivity contribution is -0.132. The molecule has 3 nitrogen and oxygen atoms in total. The molecule has 0 aromatic carbocycles. The molecule has 1 aromatic rings. The van der Waals surface area contributed by atoms with Gasteiger partial charge in [-0.15, -0.1) is 23.7 Å². The lowest BCUT2D eigenvalue weighted by atomic mass is 9.78. The predicted molar refractivity (Wildman–Crippen MR) is 81.0 cm³/mol. The number of nitrogens with one attached hydrogen (secondary N) is 1. The molecule has 5 heteroatoms. The Kier molecular flexibility index (Phi) is 4.87. The molecule has 2 fully saturated rings. The van der Waals surface area contributed by atoms with Gasteiger partial charge < -0.3 is 10.2 Å². The van der Waals surface area contributed by atoms with Crippen molar-refractivity contribution in [2.45, 2.75) is 25.7 Å². The molecule has 2 saturated heterocycles. The quantitative estimate of drug-likeness (QED) is 0.909. The van der Waals surface area contributed by atoms with E-state index in [1.165, 1.54) is 24.1 Å². The summed E-state index contributed by atoms with van der Waals surface area (Å²) < 4.78 is 0. The first-order valence-electron chi connectivity index (χ1n) is 6.78. The van der Waals surface area contributed by atoms with Crippen molar-refractivity contribution in [3.8, 4) is 0 Å². The van der Waals surface area contributed by atoms with Crippen LogP contribution in [0.15, 0.2) is 17.5 Å². The zero-order valence-corrected chi connectivity index (χ0v) is 12.7. The first-order valence-corrected chi connectivity index (χ1v) is 7.66. The van der Waals surface area contributed by atoms with Crippen LogP contribution in [0.1, 0.15) is 24.1 Å². The van der Waals surface area contributed by atoms with Gasteiger partial charge in [0.15, 0.2) is 0 Å². The van der Waals surface area contributed by atoms with Crippen LogP contribution in [0, 0.1) is 5.41 Å². The topological polar surface area (TPSA) is 32.3 Å². The van der Waals surface area contributed by atoms with Gasteiger partial charge in [-0.05, 0) is 42.7 Å². The molecule has 2 aliphatic heterocycles. The summed E-state index contributed by atoms with van der Waals surface area (Å²) in [5.41, 5.74) is 0.500. The highest BCUT2D eigenvalue weighted by Gasteiger charge is 2.37. The lowest BCUT2D eigenvalue weighted by Crippen LogP contribution is -2.44. The van der Waals surface area contributed by atoms with E-state index in [0.29, 0.717) is 17.7 Å². The molecule has 3 rings (SSSR count). The SMILES string of the molecule is Cl.O=C(Cc1cccs1)N1CCC2(CCNC2)CC1. The van der Waals surface area contributed by atoms with Crippen LogP contribution < -0.4 is 5.32 Å². The number of thiophene rings is 1. The van der Waals surface area contributed by atoms with Gasteiger partial charge in [0.05, 0.1) is 6.42 Å². The average molecular weight is 301 g/mol. The van der Waals surface area contributed by atoms with Crippen molar-refractivity contribution >= 4 is 29.7 Å². The van der Waals surface area contributed by atoms with Crippen molar-refractivity contribution in [3.63, 3.8) is 0 Å². The van der Waals surface area contributed by atoms with Gasteiger partial charge in [0.2, 0.25) is 5.91 Å². The summed E-state index contributed by atoms with van der Waals surface area (Å²) in [5, 5.41) is 5.50. The van der Waals surface area contributed by atoms with Gasteiger partial charge in [-0.3, -0.25) is 4.79 Å². The van der Waals surface area contributed by atoms with Crippen LogP contribution in [0.3, 0.4) is 0 Å². The second kappa shape index (κ2) is 6.25. The molecular weight excluding hydrogens is 280 g/mol. The molecule has 1 spiro atoms. The van der Waals surface area contributed by atoms with E-state index in [-0.39, 0.29) is 12.4 Å². The maximum absolute atomic E-state index is 12.2. The smallest absolute Gasteiger partial charge is 0.227 e. The van der Waals surface area contributed by atoms with Crippen molar-refractivity contribution in [1.82, 2.24) is 10.2 Å². The normalized spacial score (nSPS) is 21.4. The highest BCUT2D eigenvalue weighted by molar-refractivity contribution is 7.10. The molecule has 3 heterocycles. The summed E-state index contributed by atoms with van der Waals surface area (Å²) in [6.07, 6.45) is 4.23. The first kappa shape index (κ1) is 14.8.